The van der Waals surface area contributed by atoms with Crippen LogP contribution in [0.25, 0.3) is 11.1 Å². The van der Waals surface area contributed by atoms with Crippen LogP contribution in [0.15, 0.2) is 38.7 Å². The summed E-state index contributed by atoms with van der Waals surface area (Å²) >= 11 is 0. The summed E-state index contributed by atoms with van der Waals surface area (Å²) in [6.45, 7) is 0. The molecule has 0 amide bonds. The van der Waals surface area contributed by atoms with Crippen molar-refractivity contribution in [2.75, 3.05) is 5.32 Å². The smallest absolute Gasteiger partial charge is 0.408 e. The Labute approximate surface area is 113 Å². The third kappa shape index (κ3) is 2.10. The molecule has 0 saturated carbocycles. The normalized spacial score (nSPS) is 9.30. The Hall–Kier alpha value is -3.50. The van der Waals surface area contributed by atoms with Gasteiger partial charge in [0.05, 0.1) is 5.52 Å². The average Bonchev–Trinajstić information content (AvgIpc) is 2.74. The van der Waals surface area contributed by atoms with Gasteiger partial charge in [-0.2, -0.15) is 15.8 Å². The van der Waals surface area contributed by atoms with Gasteiger partial charge in [0.25, 0.3) is 0 Å². The number of benzene rings is 1. The molecular weight excluding hydrogens is 258 g/mol. The minimum atomic E-state index is -0.497. The van der Waals surface area contributed by atoms with Crippen LogP contribution in [0.3, 0.4) is 0 Å². The van der Waals surface area contributed by atoms with Crippen molar-refractivity contribution in [1.82, 2.24) is 4.57 Å². The van der Waals surface area contributed by atoms with E-state index in [4.69, 9.17) is 20.2 Å². The Kier molecular flexibility index (Phi) is 3.24. The number of aromatic nitrogens is 1. The van der Waals surface area contributed by atoms with Crippen LogP contribution in [-0.4, -0.2) is 4.57 Å². The van der Waals surface area contributed by atoms with Gasteiger partial charge in [0.2, 0.25) is 0 Å². The van der Waals surface area contributed by atoms with Crippen LogP contribution in [0.2, 0.25) is 0 Å². The van der Waals surface area contributed by atoms with Gasteiger partial charge in [-0.25, -0.2) is 4.79 Å². The fourth-order valence-corrected chi connectivity index (χ4v) is 1.63. The highest BCUT2D eigenvalue weighted by Crippen LogP contribution is 2.19. The van der Waals surface area contributed by atoms with Crippen molar-refractivity contribution in [1.29, 1.82) is 15.8 Å². The van der Waals surface area contributed by atoms with E-state index in [0.717, 1.165) is 0 Å². The molecule has 0 saturated heterocycles. The second-order valence-electron chi connectivity index (χ2n) is 3.82. The highest BCUT2D eigenvalue weighted by atomic mass is 16.4. The summed E-state index contributed by atoms with van der Waals surface area (Å²) in [6.07, 6.45) is 0. The lowest BCUT2D eigenvalue weighted by Gasteiger charge is -2.04. The quantitative estimate of drug-likeness (QED) is 0.819. The molecule has 0 bridgehead atoms. The molecule has 1 aromatic carbocycles. The SMILES string of the molecule is Cn1c(=O)oc2ccc(NC(C#N)=C(C#N)C#N)cc21. The lowest BCUT2D eigenvalue weighted by atomic mass is 10.2. The third-order valence-electron chi connectivity index (χ3n) is 2.65. The Morgan fingerprint density at radius 1 is 1.25 bits per heavy atom. The molecule has 1 heterocycles. The van der Waals surface area contributed by atoms with E-state index in [1.807, 2.05) is 0 Å². The summed E-state index contributed by atoms with van der Waals surface area (Å²) < 4.78 is 6.28. The summed E-state index contributed by atoms with van der Waals surface area (Å²) in [7, 11) is 1.55. The van der Waals surface area contributed by atoms with Crippen LogP contribution < -0.4 is 11.1 Å². The van der Waals surface area contributed by atoms with Crippen LogP contribution >= 0.6 is 0 Å². The van der Waals surface area contributed by atoms with E-state index < -0.39 is 5.76 Å². The van der Waals surface area contributed by atoms with E-state index in [-0.39, 0.29) is 11.3 Å². The van der Waals surface area contributed by atoms with Crippen molar-refractivity contribution in [3.63, 3.8) is 0 Å². The molecule has 0 unspecified atom stereocenters. The summed E-state index contributed by atoms with van der Waals surface area (Å²) in [5.41, 5.74) is 0.948. The van der Waals surface area contributed by atoms with Crippen LogP contribution in [0.4, 0.5) is 5.69 Å². The summed E-state index contributed by atoms with van der Waals surface area (Å²) in [5.74, 6) is -0.497. The van der Waals surface area contributed by atoms with Crippen molar-refractivity contribution >= 4 is 16.8 Å². The number of fused-ring (bicyclic) bond motifs is 1. The number of anilines is 1. The van der Waals surface area contributed by atoms with Gasteiger partial charge in [0.1, 0.15) is 23.9 Å². The lowest BCUT2D eigenvalue weighted by Crippen LogP contribution is -2.08. The first-order valence-corrected chi connectivity index (χ1v) is 5.42. The van der Waals surface area contributed by atoms with Crippen LogP contribution in [-0.2, 0) is 7.05 Å². The highest BCUT2D eigenvalue weighted by molar-refractivity contribution is 5.78. The number of aryl methyl sites for hydroxylation is 1. The van der Waals surface area contributed by atoms with Crippen molar-refractivity contribution < 1.29 is 4.42 Å². The predicted molar refractivity (Wildman–Crippen MR) is 68.9 cm³/mol. The van der Waals surface area contributed by atoms with E-state index in [1.54, 1.807) is 43.5 Å². The van der Waals surface area contributed by atoms with Crippen LogP contribution in [0.5, 0.6) is 0 Å². The Morgan fingerprint density at radius 3 is 2.55 bits per heavy atom. The average molecular weight is 265 g/mol. The van der Waals surface area contributed by atoms with E-state index in [2.05, 4.69) is 5.32 Å². The Balaban J connectivity index is 2.51. The number of allylic oxidation sites excluding steroid dienone is 2. The summed E-state index contributed by atoms with van der Waals surface area (Å²) in [6, 6.07) is 9.75. The van der Waals surface area contributed by atoms with Gasteiger partial charge in [-0.05, 0) is 18.2 Å². The minimum Gasteiger partial charge on any atom is -0.408 e. The molecule has 7 nitrogen and oxygen atoms in total. The standard InChI is InChI=1S/C13H7N5O2/c1-18-11-4-9(2-3-12(11)20-13(18)19)17-10(7-16)8(5-14)6-15/h2-4,17H,1H3. The molecule has 0 fully saturated rings. The highest BCUT2D eigenvalue weighted by Gasteiger charge is 2.09. The zero-order valence-electron chi connectivity index (χ0n) is 10.3. The van der Waals surface area contributed by atoms with Gasteiger partial charge in [-0.15, -0.1) is 0 Å². The molecule has 1 aromatic heterocycles. The molecule has 0 spiro atoms. The van der Waals surface area contributed by atoms with E-state index >= 15 is 0 Å². The molecule has 0 atom stereocenters. The fraction of sp³-hybridized carbons (Fsp3) is 0.0769. The monoisotopic (exact) mass is 265 g/mol. The number of oxazole rings is 1. The van der Waals surface area contributed by atoms with Crippen molar-refractivity contribution in [3.8, 4) is 18.2 Å². The second kappa shape index (κ2) is 5.01. The number of nitrogens with zero attached hydrogens (tertiary/aromatic N) is 4. The van der Waals surface area contributed by atoms with E-state index in [9.17, 15) is 4.79 Å². The van der Waals surface area contributed by atoms with Crippen molar-refractivity contribution in [2.24, 2.45) is 7.05 Å². The van der Waals surface area contributed by atoms with Crippen LogP contribution in [0.1, 0.15) is 0 Å². The first kappa shape index (κ1) is 12.9. The largest absolute Gasteiger partial charge is 0.419 e. The van der Waals surface area contributed by atoms with Gasteiger partial charge >= 0.3 is 5.76 Å². The molecule has 2 rings (SSSR count). The molecule has 0 aliphatic heterocycles. The first-order valence-electron chi connectivity index (χ1n) is 5.42. The minimum absolute atomic E-state index is 0.150. The number of hydrogen-bond acceptors (Lipinski definition) is 6. The third-order valence-corrected chi connectivity index (χ3v) is 2.65. The van der Waals surface area contributed by atoms with E-state index in [1.165, 1.54) is 4.57 Å². The van der Waals surface area contributed by atoms with Gasteiger partial charge in [0.15, 0.2) is 11.2 Å². The first-order chi connectivity index (χ1) is 9.60. The topological polar surface area (TPSA) is 119 Å². The molecule has 2 aromatic rings. The van der Waals surface area contributed by atoms with E-state index in [0.29, 0.717) is 16.8 Å². The van der Waals surface area contributed by atoms with Gasteiger partial charge in [-0.1, -0.05) is 0 Å². The van der Waals surface area contributed by atoms with Crippen molar-refractivity contribution in [2.45, 2.75) is 0 Å². The molecule has 96 valence electrons. The molecule has 7 heteroatoms. The van der Waals surface area contributed by atoms with Gasteiger partial charge in [-0.3, -0.25) is 4.57 Å². The zero-order chi connectivity index (χ0) is 14.7. The zero-order valence-corrected chi connectivity index (χ0v) is 10.3. The predicted octanol–water partition coefficient (Wildman–Crippen LogP) is 1.37. The van der Waals surface area contributed by atoms with Gasteiger partial charge in [0, 0.05) is 12.7 Å². The molecule has 0 aliphatic carbocycles. The molecular formula is C13H7N5O2. The molecule has 0 aliphatic rings. The van der Waals surface area contributed by atoms with Crippen molar-refractivity contribution in [3.05, 3.63) is 40.0 Å². The fourth-order valence-electron chi connectivity index (χ4n) is 1.63. The molecule has 1 N–H and O–H groups in total. The maximum atomic E-state index is 11.4. The number of nitrogens with one attached hydrogen (secondary N) is 1. The Morgan fingerprint density at radius 2 is 1.95 bits per heavy atom. The Bertz CT molecular complexity index is 880. The lowest BCUT2D eigenvalue weighted by molar-refractivity contribution is 0.528. The number of hydrogen-bond donors (Lipinski definition) is 1. The summed E-state index contributed by atoms with van der Waals surface area (Å²) in [5, 5.41) is 29.1. The maximum Gasteiger partial charge on any atom is 0.419 e. The molecule has 20 heavy (non-hydrogen) atoms. The van der Waals surface area contributed by atoms with Gasteiger partial charge < -0.3 is 9.73 Å². The second-order valence-corrected chi connectivity index (χ2v) is 3.82. The molecule has 0 radical (unpaired) electrons. The summed E-state index contributed by atoms with van der Waals surface area (Å²) in [4.78, 5) is 11.4. The number of nitriles is 3. The number of rotatable bonds is 2. The maximum absolute atomic E-state index is 11.4. The van der Waals surface area contributed by atoms with Crippen LogP contribution in [0, 0.1) is 34.0 Å².